The number of hydrogen-bond acceptors (Lipinski definition) is 3. The second-order valence-corrected chi connectivity index (χ2v) is 5.75. The van der Waals surface area contributed by atoms with Gasteiger partial charge in [-0.05, 0) is 12.5 Å². The minimum Gasteiger partial charge on any atom is -0.325 e. The fourth-order valence-electron chi connectivity index (χ4n) is 2.02. The van der Waals surface area contributed by atoms with Gasteiger partial charge in [0, 0.05) is 7.05 Å². The SMILES string of the molecule is Cc1ncc(C(=O)N(C)[C@@H](c2ccccc2)C(F)(F)F)s1. The van der Waals surface area contributed by atoms with E-state index in [0.717, 1.165) is 18.4 Å². The van der Waals surface area contributed by atoms with Crippen molar-refractivity contribution in [1.29, 1.82) is 0 Å². The summed E-state index contributed by atoms with van der Waals surface area (Å²) >= 11 is 1.08. The van der Waals surface area contributed by atoms with E-state index in [4.69, 9.17) is 0 Å². The van der Waals surface area contributed by atoms with Crippen molar-refractivity contribution in [3.8, 4) is 0 Å². The molecule has 0 aliphatic rings. The Hall–Kier alpha value is -1.89. The number of amides is 1. The summed E-state index contributed by atoms with van der Waals surface area (Å²) in [6, 6.07) is 5.41. The fraction of sp³-hybridized carbons (Fsp3) is 0.286. The maximum Gasteiger partial charge on any atom is 0.413 e. The minimum atomic E-state index is -4.55. The third kappa shape index (κ3) is 3.41. The van der Waals surface area contributed by atoms with Crippen molar-refractivity contribution in [2.45, 2.75) is 19.1 Å². The lowest BCUT2D eigenvalue weighted by Gasteiger charge is -2.30. The number of thiazole rings is 1. The van der Waals surface area contributed by atoms with Crippen LogP contribution in [-0.2, 0) is 0 Å². The highest BCUT2D eigenvalue weighted by molar-refractivity contribution is 7.13. The van der Waals surface area contributed by atoms with Gasteiger partial charge < -0.3 is 4.90 Å². The van der Waals surface area contributed by atoms with Crippen LogP contribution < -0.4 is 0 Å². The average molecular weight is 314 g/mol. The second kappa shape index (κ2) is 5.85. The number of benzene rings is 1. The Labute approximate surface area is 124 Å². The van der Waals surface area contributed by atoms with Gasteiger partial charge in [-0.1, -0.05) is 30.3 Å². The molecule has 112 valence electrons. The van der Waals surface area contributed by atoms with Crippen LogP contribution in [0.1, 0.15) is 26.3 Å². The average Bonchev–Trinajstić information content (AvgIpc) is 2.84. The van der Waals surface area contributed by atoms with E-state index in [1.165, 1.54) is 30.5 Å². The summed E-state index contributed by atoms with van der Waals surface area (Å²) in [4.78, 5) is 17.0. The second-order valence-electron chi connectivity index (χ2n) is 4.51. The van der Waals surface area contributed by atoms with E-state index < -0.39 is 18.1 Å². The summed E-state index contributed by atoms with van der Waals surface area (Å²) in [6.45, 7) is 1.69. The first-order valence-electron chi connectivity index (χ1n) is 6.12. The quantitative estimate of drug-likeness (QED) is 0.863. The van der Waals surface area contributed by atoms with Gasteiger partial charge in [0.05, 0.1) is 11.2 Å². The molecule has 3 nitrogen and oxygen atoms in total. The lowest BCUT2D eigenvalue weighted by Crippen LogP contribution is -2.39. The van der Waals surface area contributed by atoms with Gasteiger partial charge in [0.15, 0.2) is 6.04 Å². The molecule has 0 radical (unpaired) electrons. The summed E-state index contributed by atoms with van der Waals surface area (Å²) in [7, 11) is 1.16. The number of carbonyl (C=O) groups excluding carboxylic acids is 1. The molecule has 0 aliphatic carbocycles. The Morgan fingerprint density at radius 2 is 1.90 bits per heavy atom. The molecule has 0 unspecified atom stereocenters. The van der Waals surface area contributed by atoms with E-state index in [2.05, 4.69) is 4.98 Å². The highest BCUT2D eigenvalue weighted by Crippen LogP contribution is 2.37. The molecule has 0 spiro atoms. The number of aryl methyl sites for hydroxylation is 1. The van der Waals surface area contributed by atoms with Crippen molar-refractivity contribution in [3.05, 3.63) is 52.0 Å². The number of nitrogens with zero attached hydrogens (tertiary/aromatic N) is 2. The molecule has 0 N–H and O–H groups in total. The molecule has 1 aromatic carbocycles. The first kappa shape index (κ1) is 15.5. The number of rotatable bonds is 3. The molecule has 0 saturated carbocycles. The Kier molecular flexibility index (Phi) is 4.32. The molecule has 0 aliphatic heterocycles. The van der Waals surface area contributed by atoms with Crippen molar-refractivity contribution in [2.75, 3.05) is 7.05 Å². The van der Waals surface area contributed by atoms with Gasteiger partial charge in [-0.2, -0.15) is 13.2 Å². The van der Waals surface area contributed by atoms with Gasteiger partial charge >= 0.3 is 6.18 Å². The Morgan fingerprint density at radius 1 is 1.29 bits per heavy atom. The van der Waals surface area contributed by atoms with E-state index in [9.17, 15) is 18.0 Å². The Bertz CT molecular complexity index is 625. The number of carbonyl (C=O) groups is 1. The molecule has 1 amide bonds. The first-order chi connectivity index (χ1) is 9.80. The van der Waals surface area contributed by atoms with E-state index in [1.807, 2.05) is 0 Å². The molecule has 1 atom stereocenters. The largest absolute Gasteiger partial charge is 0.413 e. The molecule has 0 bridgehead atoms. The molecule has 0 saturated heterocycles. The highest BCUT2D eigenvalue weighted by Gasteiger charge is 2.45. The fourth-order valence-corrected chi connectivity index (χ4v) is 2.78. The summed E-state index contributed by atoms with van der Waals surface area (Å²) in [5.74, 6) is -0.688. The standard InChI is InChI=1S/C14H13F3N2OS/c1-9-18-8-11(21-9)13(20)19(2)12(14(15,16)17)10-6-4-3-5-7-10/h3-8,12H,1-2H3/t12-/m0/s1. The van der Waals surface area contributed by atoms with Crippen LogP contribution in [0.15, 0.2) is 36.5 Å². The Morgan fingerprint density at radius 3 is 2.38 bits per heavy atom. The molecule has 7 heteroatoms. The molecule has 1 aromatic heterocycles. The third-order valence-electron chi connectivity index (χ3n) is 2.97. The van der Waals surface area contributed by atoms with Gasteiger partial charge in [-0.25, -0.2) is 4.98 Å². The maximum absolute atomic E-state index is 13.3. The van der Waals surface area contributed by atoms with Crippen molar-refractivity contribution in [1.82, 2.24) is 9.88 Å². The smallest absolute Gasteiger partial charge is 0.325 e. The summed E-state index contributed by atoms with van der Waals surface area (Å²) in [5.41, 5.74) is 0.0297. The number of alkyl halides is 3. The van der Waals surface area contributed by atoms with Crippen LogP contribution in [0.2, 0.25) is 0 Å². The van der Waals surface area contributed by atoms with Crippen LogP contribution in [0.3, 0.4) is 0 Å². The van der Waals surface area contributed by atoms with Crippen molar-refractivity contribution in [2.24, 2.45) is 0 Å². The number of hydrogen-bond donors (Lipinski definition) is 0. The molecule has 2 rings (SSSR count). The van der Waals surface area contributed by atoms with Gasteiger partial charge in [0.1, 0.15) is 4.88 Å². The summed E-state index contributed by atoms with van der Waals surface area (Å²) in [5, 5.41) is 0.634. The van der Waals surface area contributed by atoms with Gasteiger partial charge in [0.25, 0.3) is 5.91 Å². The zero-order chi connectivity index (χ0) is 15.6. The summed E-state index contributed by atoms with van der Waals surface area (Å²) < 4.78 is 40.0. The molecular weight excluding hydrogens is 301 g/mol. The van der Waals surface area contributed by atoms with Crippen molar-refractivity contribution >= 4 is 17.2 Å². The van der Waals surface area contributed by atoms with Crippen LogP contribution in [0, 0.1) is 6.92 Å². The number of halogens is 3. The normalized spacial score (nSPS) is 13.0. The molecule has 0 fully saturated rings. The van der Waals surface area contributed by atoms with Gasteiger partial charge in [-0.3, -0.25) is 4.79 Å². The van der Waals surface area contributed by atoms with E-state index in [-0.39, 0.29) is 10.4 Å². The van der Waals surface area contributed by atoms with Gasteiger partial charge in [-0.15, -0.1) is 11.3 Å². The Balaban J connectivity index is 2.36. The zero-order valence-electron chi connectivity index (χ0n) is 11.4. The van der Waals surface area contributed by atoms with Gasteiger partial charge in [0.2, 0.25) is 0 Å². The lowest BCUT2D eigenvalue weighted by atomic mass is 10.1. The molecule has 21 heavy (non-hydrogen) atoms. The molecule has 1 heterocycles. The first-order valence-corrected chi connectivity index (χ1v) is 6.93. The van der Waals surface area contributed by atoms with Crippen LogP contribution in [0.5, 0.6) is 0 Å². The summed E-state index contributed by atoms with van der Waals surface area (Å²) in [6.07, 6.45) is -3.25. The molecule has 2 aromatic rings. The van der Waals surface area contributed by atoms with Crippen LogP contribution in [0.25, 0.3) is 0 Å². The van der Waals surface area contributed by atoms with Crippen LogP contribution in [-0.4, -0.2) is 29.0 Å². The van der Waals surface area contributed by atoms with Crippen molar-refractivity contribution < 1.29 is 18.0 Å². The monoisotopic (exact) mass is 314 g/mol. The third-order valence-corrected chi connectivity index (χ3v) is 3.87. The van der Waals surface area contributed by atoms with Crippen molar-refractivity contribution in [3.63, 3.8) is 0 Å². The predicted molar refractivity (Wildman–Crippen MR) is 74.2 cm³/mol. The van der Waals surface area contributed by atoms with E-state index in [0.29, 0.717) is 9.91 Å². The molecular formula is C14H13F3N2OS. The minimum absolute atomic E-state index is 0.0297. The predicted octanol–water partition coefficient (Wildman–Crippen LogP) is 3.83. The van der Waals surface area contributed by atoms with Crippen LogP contribution >= 0.6 is 11.3 Å². The lowest BCUT2D eigenvalue weighted by molar-refractivity contribution is -0.176. The highest BCUT2D eigenvalue weighted by atomic mass is 32.1. The van der Waals surface area contributed by atoms with E-state index >= 15 is 0 Å². The topological polar surface area (TPSA) is 33.2 Å². The van der Waals surface area contributed by atoms with Crippen LogP contribution in [0.4, 0.5) is 13.2 Å². The maximum atomic E-state index is 13.3. The number of aromatic nitrogens is 1. The van der Waals surface area contributed by atoms with E-state index in [1.54, 1.807) is 13.0 Å². The zero-order valence-corrected chi connectivity index (χ0v) is 12.2.